The number of H-pyrrole nitrogens is 1. The number of fused-ring (bicyclic) bond motifs is 1. The second-order valence-corrected chi connectivity index (χ2v) is 10.6. The maximum atomic E-state index is 14.4. The van der Waals surface area contributed by atoms with Crippen LogP contribution >= 0.6 is 0 Å². The number of hydrogen-bond acceptors (Lipinski definition) is 4. The quantitative estimate of drug-likeness (QED) is 0.175. The number of rotatable bonds is 10. The molecule has 0 aliphatic heterocycles. The fourth-order valence-corrected chi connectivity index (χ4v) is 5.05. The van der Waals surface area contributed by atoms with Gasteiger partial charge in [-0.1, -0.05) is 39.0 Å². The molecule has 0 aliphatic rings. The highest BCUT2D eigenvalue weighted by Crippen LogP contribution is 2.45. The first kappa shape index (κ1) is 27.7. The maximum absolute atomic E-state index is 14.4. The van der Waals surface area contributed by atoms with Crippen LogP contribution in [-0.2, 0) is 18.4 Å². The smallest absolute Gasteiger partial charge is 0.417 e. The molecule has 8 heteroatoms. The summed E-state index contributed by atoms with van der Waals surface area (Å²) in [6, 6.07) is 15.8. The van der Waals surface area contributed by atoms with Crippen molar-refractivity contribution in [2.75, 3.05) is 6.54 Å². The van der Waals surface area contributed by atoms with Crippen LogP contribution in [0.2, 0.25) is 0 Å². The maximum Gasteiger partial charge on any atom is 0.417 e. The van der Waals surface area contributed by atoms with Crippen molar-refractivity contribution in [1.29, 1.82) is 0 Å². The summed E-state index contributed by atoms with van der Waals surface area (Å²) in [6.07, 6.45) is -1.89. The Bertz CT molecular complexity index is 1380. The Labute approximate surface area is 220 Å². The summed E-state index contributed by atoms with van der Waals surface area (Å²) in [7, 11) is 0. The van der Waals surface area contributed by atoms with E-state index in [0.29, 0.717) is 23.3 Å². The van der Waals surface area contributed by atoms with E-state index in [4.69, 9.17) is 0 Å². The van der Waals surface area contributed by atoms with E-state index in [1.807, 2.05) is 24.3 Å². The molecule has 2 heterocycles. The van der Waals surface area contributed by atoms with Crippen LogP contribution < -0.4 is 5.32 Å². The number of pyridine rings is 1. The van der Waals surface area contributed by atoms with Crippen molar-refractivity contribution < 1.29 is 23.4 Å². The number of alkyl halides is 3. The lowest BCUT2D eigenvalue weighted by molar-refractivity contribution is -0.266. The second-order valence-electron chi connectivity index (χ2n) is 10.6. The third-order valence-electron chi connectivity index (χ3n) is 6.96. The van der Waals surface area contributed by atoms with E-state index < -0.39 is 30.0 Å². The van der Waals surface area contributed by atoms with Crippen LogP contribution in [0, 0.1) is 0 Å². The highest BCUT2D eigenvalue weighted by molar-refractivity contribution is 5.81. The van der Waals surface area contributed by atoms with Gasteiger partial charge in [-0.2, -0.15) is 13.2 Å². The third-order valence-corrected chi connectivity index (χ3v) is 6.96. The predicted octanol–water partition coefficient (Wildman–Crippen LogP) is 6.64. The summed E-state index contributed by atoms with van der Waals surface area (Å²) in [5.41, 5.74) is -0.383. The van der Waals surface area contributed by atoms with Crippen LogP contribution in [0.15, 0.2) is 67.0 Å². The summed E-state index contributed by atoms with van der Waals surface area (Å²) in [5.74, 6) is -0.123. The third kappa shape index (κ3) is 6.03. The predicted molar refractivity (Wildman–Crippen MR) is 144 cm³/mol. The lowest BCUT2D eigenvalue weighted by Gasteiger charge is -2.38. The van der Waals surface area contributed by atoms with Crippen molar-refractivity contribution in [3.05, 3.63) is 83.8 Å². The topological polar surface area (TPSA) is 81.2 Å². The molecule has 0 amide bonds. The molecular weight excluding hydrogens is 491 g/mol. The van der Waals surface area contributed by atoms with E-state index in [-0.39, 0.29) is 5.75 Å². The van der Waals surface area contributed by atoms with Crippen molar-refractivity contribution in [3.63, 3.8) is 0 Å². The van der Waals surface area contributed by atoms with E-state index in [2.05, 4.69) is 22.2 Å². The van der Waals surface area contributed by atoms with E-state index in [1.165, 1.54) is 6.07 Å². The van der Waals surface area contributed by atoms with Crippen LogP contribution in [0.25, 0.3) is 22.0 Å². The molecule has 0 fully saturated rings. The number of hydrogen-bond donors (Lipinski definition) is 4. The number of phenols is 1. The molecule has 4 N–H and O–H groups in total. The SMILES string of the molecule is CCCNCc1ccc2[nH]c(CC(O)(CC(C)(C)c3cc(-c4cccnc4)ccc3O)C(F)(F)F)cc2c1. The Morgan fingerprint density at radius 3 is 2.47 bits per heavy atom. The van der Waals surface area contributed by atoms with Crippen molar-refractivity contribution in [3.8, 4) is 16.9 Å². The number of aromatic hydroxyl groups is 1. The molecule has 202 valence electrons. The molecule has 0 saturated heterocycles. The average Bonchev–Trinajstić information content (AvgIpc) is 3.25. The van der Waals surface area contributed by atoms with Crippen molar-refractivity contribution in [1.82, 2.24) is 15.3 Å². The highest BCUT2D eigenvalue weighted by atomic mass is 19.4. The second kappa shape index (κ2) is 10.8. The summed E-state index contributed by atoms with van der Waals surface area (Å²) in [5, 5.41) is 25.9. The molecule has 38 heavy (non-hydrogen) atoms. The monoisotopic (exact) mass is 525 g/mol. The van der Waals surface area contributed by atoms with E-state index in [9.17, 15) is 23.4 Å². The van der Waals surface area contributed by atoms with Gasteiger partial charge in [-0.25, -0.2) is 0 Å². The zero-order chi connectivity index (χ0) is 27.6. The summed E-state index contributed by atoms with van der Waals surface area (Å²) in [4.78, 5) is 7.15. The van der Waals surface area contributed by atoms with Gasteiger partial charge in [-0.15, -0.1) is 0 Å². The van der Waals surface area contributed by atoms with Crippen LogP contribution in [0.4, 0.5) is 13.2 Å². The van der Waals surface area contributed by atoms with Gasteiger partial charge < -0.3 is 20.5 Å². The number of aliphatic hydroxyl groups is 1. The molecule has 1 unspecified atom stereocenters. The minimum absolute atomic E-state index is 0.123. The van der Waals surface area contributed by atoms with Crippen LogP contribution in [0.1, 0.15) is 50.4 Å². The van der Waals surface area contributed by atoms with Crippen LogP contribution in [0.5, 0.6) is 5.75 Å². The van der Waals surface area contributed by atoms with Crippen LogP contribution in [0.3, 0.4) is 0 Å². The van der Waals surface area contributed by atoms with Gasteiger partial charge >= 0.3 is 6.18 Å². The first-order chi connectivity index (χ1) is 17.9. The van der Waals surface area contributed by atoms with Crippen molar-refractivity contribution in [2.45, 2.75) is 63.8 Å². The fourth-order valence-electron chi connectivity index (χ4n) is 5.05. The van der Waals surface area contributed by atoms with Crippen LogP contribution in [-0.4, -0.2) is 38.5 Å². The number of nitrogens with zero attached hydrogens (tertiary/aromatic N) is 1. The Hall–Kier alpha value is -3.36. The summed E-state index contributed by atoms with van der Waals surface area (Å²) < 4.78 is 43.3. The standard InChI is InChI=1S/C30H34F3N3O2/c1-4-11-34-17-20-7-9-26-23(13-20)14-24(36-26)16-29(38,30(31,32)33)19-28(2,3)25-15-21(8-10-27(25)37)22-6-5-12-35-18-22/h5-10,12-15,18,34,36-38H,4,11,16-17,19H2,1-3H3. The zero-order valence-corrected chi connectivity index (χ0v) is 21.9. The number of nitrogens with one attached hydrogen (secondary N) is 2. The lowest BCUT2D eigenvalue weighted by atomic mass is 9.72. The molecule has 1 atom stereocenters. The zero-order valence-electron chi connectivity index (χ0n) is 21.9. The van der Waals surface area contributed by atoms with Gasteiger partial charge in [0.15, 0.2) is 5.60 Å². The van der Waals surface area contributed by atoms with Gasteiger partial charge in [-0.05, 0) is 77.7 Å². The van der Waals surface area contributed by atoms with E-state index in [0.717, 1.165) is 35.0 Å². The highest BCUT2D eigenvalue weighted by Gasteiger charge is 2.56. The average molecular weight is 526 g/mol. The lowest BCUT2D eigenvalue weighted by Crippen LogP contribution is -2.50. The van der Waals surface area contributed by atoms with Gasteiger partial charge in [0, 0.05) is 47.7 Å². The Morgan fingerprint density at radius 2 is 1.79 bits per heavy atom. The first-order valence-corrected chi connectivity index (χ1v) is 12.8. The number of aromatic nitrogens is 2. The van der Waals surface area contributed by atoms with E-state index in [1.54, 1.807) is 50.5 Å². The van der Waals surface area contributed by atoms with E-state index >= 15 is 0 Å². The van der Waals surface area contributed by atoms with Gasteiger partial charge in [0.25, 0.3) is 0 Å². The minimum Gasteiger partial charge on any atom is -0.508 e. The molecular formula is C30H34F3N3O2. The number of halogens is 3. The largest absolute Gasteiger partial charge is 0.508 e. The Balaban J connectivity index is 1.63. The molecule has 0 spiro atoms. The minimum atomic E-state index is -4.90. The summed E-state index contributed by atoms with van der Waals surface area (Å²) in [6.45, 7) is 6.84. The van der Waals surface area contributed by atoms with Gasteiger partial charge in [0.2, 0.25) is 0 Å². The molecule has 0 radical (unpaired) electrons. The van der Waals surface area contributed by atoms with Gasteiger partial charge in [0.05, 0.1) is 0 Å². The molecule has 0 bridgehead atoms. The van der Waals surface area contributed by atoms with Gasteiger partial charge in [-0.3, -0.25) is 4.98 Å². The normalized spacial score (nSPS) is 14.1. The number of aromatic amines is 1. The molecule has 0 aliphatic carbocycles. The molecule has 5 nitrogen and oxygen atoms in total. The van der Waals surface area contributed by atoms with Crippen molar-refractivity contribution in [2.24, 2.45) is 0 Å². The Morgan fingerprint density at radius 1 is 1.00 bits per heavy atom. The molecule has 4 rings (SSSR count). The molecule has 2 aromatic carbocycles. The van der Waals surface area contributed by atoms with Gasteiger partial charge in [0.1, 0.15) is 5.75 Å². The molecule has 2 aromatic heterocycles. The number of benzene rings is 2. The first-order valence-electron chi connectivity index (χ1n) is 12.8. The number of phenolic OH excluding ortho intramolecular Hbond substituents is 1. The van der Waals surface area contributed by atoms with Crippen molar-refractivity contribution >= 4 is 10.9 Å². The fraction of sp³-hybridized carbons (Fsp3) is 0.367. The molecule has 4 aromatic rings. The molecule has 0 saturated carbocycles. The Kier molecular flexibility index (Phi) is 7.85. The summed E-state index contributed by atoms with van der Waals surface area (Å²) >= 11 is 0.